The Hall–Kier alpha value is -3.47. The van der Waals surface area contributed by atoms with E-state index in [4.69, 9.17) is 0 Å². The molecular formula is C25H25N3O2. The van der Waals surface area contributed by atoms with Gasteiger partial charge in [0.1, 0.15) is 0 Å². The maximum absolute atomic E-state index is 12.9. The molecule has 0 aliphatic heterocycles. The van der Waals surface area contributed by atoms with Gasteiger partial charge in [-0.3, -0.25) is 14.6 Å². The largest absolute Gasteiger partial charge is 0.352 e. The van der Waals surface area contributed by atoms with Crippen LogP contribution >= 0.6 is 0 Å². The highest BCUT2D eigenvalue weighted by molar-refractivity contribution is 5.96. The Morgan fingerprint density at radius 1 is 0.867 bits per heavy atom. The van der Waals surface area contributed by atoms with Crippen molar-refractivity contribution in [1.82, 2.24) is 10.3 Å². The van der Waals surface area contributed by atoms with Gasteiger partial charge in [0.15, 0.2) is 0 Å². The van der Waals surface area contributed by atoms with Crippen molar-refractivity contribution < 1.29 is 9.59 Å². The fourth-order valence-corrected chi connectivity index (χ4v) is 3.36. The van der Waals surface area contributed by atoms with Crippen molar-refractivity contribution >= 4 is 17.5 Å². The van der Waals surface area contributed by atoms with E-state index in [2.05, 4.69) is 10.3 Å². The van der Waals surface area contributed by atoms with Crippen LogP contribution in [0.4, 0.5) is 5.69 Å². The molecule has 1 fully saturated rings. The van der Waals surface area contributed by atoms with E-state index in [9.17, 15) is 9.59 Å². The average Bonchev–Trinajstić information content (AvgIpc) is 3.63. The Bertz CT molecular complexity index is 984. The Labute approximate surface area is 176 Å². The van der Waals surface area contributed by atoms with E-state index in [0.717, 1.165) is 35.2 Å². The summed E-state index contributed by atoms with van der Waals surface area (Å²) in [5.74, 6) is 0.295. The number of hydrogen-bond donors (Lipinski definition) is 1. The third kappa shape index (κ3) is 5.32. The molecule has 30 heavy (non-hydrogen) atoms. The van der Waals surface area contributed by atoms with Gasteiger partial charge in [-0.2, -0.15) is 0 Å². The summed E-state index contributed by atoms with van der Waals surface area (Å²) in [5.41, 5.74) is 3.91. The Morgan fingerprint density at radius 3 is 2.23 bits per heavy atom. The number of pyridine rings is 1. The molecule has 3 aromatic rings. The molecule has 1 aliphatic carbocycles. The molecule has 2 amide bonds. The van der Waals surface area contributed by atoms with E-state index in [1.54, 1.807) is 12.4 Å². The Balaban J connectivity index is 1.39. The van der Waals surface area contributed by atoms with E-state index in [-0.39, 0.29) is 17.7 Å². The van der Waals surface area contributed by atoms with Gasteiger partial charge in [0.25, 0.3) is 0 Å². The number of rotatable bonds is 8. The van der Waals surface area contributed by atoms with Crippen molar-refractivity contribution in [3.8, 4) is 0 Å². The quantitative estimate of drug-likeness (QED) is 0.625. The van der Waals surface area contributed by atoms with Crippen LogP contribution in [0.2, 0.25) is 0 Å². The molecule has 0 bridgehead atoms. The predicted octanol–water partition coefficient (Wildman–Crippen LogP) is 3.88. The zero-order valence-corrected chi connectivity index (χ0v) is 16.8. The highest BCUT2D eigenvalue weighted by atomic mass is 16.2. The lowest BCUT2D eigenvalue weighted by molar-refractivity contribution is -0.121. The van der Waals surface area contributed by atoms with Crippen LogP contribution in [-0.2, 0) is 29.1 Å². The number of benzene rings is 2. The van der Waals surface area contributed by atoms with Crippen LogP contribution in [0.3, 0.4) is 0 Å². The summed E-state index contributed by atoms with van der Waals surface area (Å²) in [4.78, 5) is 30.9. The van der Waals surface area contributed by atoms with E-state index in [1.165, 1.54) is 0 Å². The molecule has 1 aromatic heterocycles. The van der Waals surface area contributed by atoms with Gasteiger partial charge in [-0.1, -0.05) is 42.5 Å². The summed E-state index contributed by atoms with van der Waals surface area (Å²) in [6.07, 6.45) is 5.68. The predicted molar refractivity (Wildman–Crippen MR) is 117 cm³/mol. The van der Waals surface area contributed by atoms with Gasteiger partial charge in [-0.05, 0) is 53.8 Å². The second-order valence-corrected chi connectivity index (χ2v) is 7.66. The molecule has 5 nitrogen and oxygen atoms in total. The van der Waals surface area contributed by atoms with Crippen molar-refractivity contribution in [2.75, 3.05) is 4.90 Å². The molecule has 2 aromatic carbocycles. The number of nitrogens with zero attached hydrogens (tertiary/aromatic N) is 2. The van der Waals surface area contributed by atoms with Crippen LogP contribution in [-0.4, -0.2) is 16.8 Å². The first-order chi connectivity index (χ1) is 14.7. The van der Waals surface area contributed by atoms with Crippen molar-refractivity contribution in [2.45, 2.75) is 32.4 Å². The maximum Gasteiger partial charge on any atom is 0.230 e. The summed E-state index contributed by atoms with van der Waals surface area (Å²) in [5, 5.41) is 2.93. The van der Waals surface area contributed by atoms with Crippen LogP contribution in [0.1, 0.15) is 29.5 Å². The van der Waals surface area contributed by atoms with Gasteiger partial charge >= 0.3 is 0 Å². The van der Waals surface area contributed by atoms with E-state index < -0.39 is 0 Å². The standard InChI is InChI=1S/C25H25N3O2/c29-24(27-17-20-12-14-26-15-13-20)16-19-6-10-23(11-7-19)28(25(30)22-8-9-22)18-21-4-2-1-3-5-21/h1-7,10-15,22H,8-9,16-18H2,(H,27,29). The highest BCUT2D eigenvalue weighted by Gasteiger charge is 2.34. The number of carbonyl (C=O) groups excluding carboxylic acids is 2. The first-order valence-corrected chi connectivity index (χ1v) is 10.3. The number of nitrogens with one attached hydrogen (secondary N) is 1. The van der Waals surface area contributed by atoms with Crippen molar-refractivity contribution in [3.63, 3.8) is 0 Å². The van der Waals surface area contributed by atoms with E-state index in [0.29, 0.717) is 19.5 Å². The zero-order valence-electron chi connectivity index (χ0n) is 16.8. The number of hydrogen-bond acceptors (Lipinski definition) is 3. The number of amides is 2. The molecule has 0 radical (unpaired) electrons. The lowest BCUT2D eigenvalue weighted by Crippen LogP contribution is -2.31. The molecule has 152 valence electrons. The third-order valence-corrected chi connectivity index (χ3v) is 5.23. The molecule has 0 unspecified atom stereocenters. The number of anilines is 1. The minimum atomic E-state index is -0.0326. The van der Waals surface area contributed by atoms with Gasteiger partial charge in [0.05, 0.1) is 13.0 Å². The summed E-state index contributed by atoms with van der Waals surface area (Å²) < 4.78 is 0. The maximum atomic E-state index is 12.9. The molecular weight excluding hydrogens is 374 g/mol. The molecule has 0 atom stereocenters. The molecule has 4 rings (SSSR count). The smallest absolute Gasteiger partial charge is 0.230 e. The van der Waals surface area contributed by atoms with Crippen LogP contribution in [0, 0.1) is 5.92 Å². The fourth-order valence-electron chi connectivity index (χ4n) is 3.36. The first kappa shape index (κ1) is 19.8. The molecule has 1 saturated carbocycles. The van der Waals surface area contributed by atoms with E-state index >= 15 is 0 Å². The van der Waals surface area contributed by atoms with Crippen LogP contribution in [0.5, 0.6) is 0 Å². The summed E-state index contributed by atoms with van der Waals surface area (Å²) in [6.45, 7) is 1.04. The topological polar surface area (TPSA) is 62.3 Å². The van der Waals surface area contributed by atoms with Gasteiger partial charge in [-0.25, -0.2) is 0 Å². The molecule has 1 aliphatic rings. The fraction of sp³-hybridized carbons (Fsp3) is 0.240. The first-order valence-electron chi connectivity index (χ1n) is 10.3. The Morgan fingerprint density at radius 2 is 1.57 bits per heavy atom. The van der Waals surface area contributed by atoms with Gasteiger partial charge in [0.2, 0.25) is 11.8 Å². The summed E-state index contributed by atoms with van der Waals surface area (Å²) in [6, 6.07) is 21.5. The second-order valence-electron chi connectivity index (χ2n) is 7.66. The molecule has 0 saturated heterocycles. The van der Waals surface area contributed by atoms with Gasteiger partial charge in [-0.15, -0.1) is 0 Å². The van der Waals surface area contributed by atoms with Crippen LogP contribution < -0.4 is 10.2 Å². The third-order valence-electron chi connectivity index (χ3n) is 5.23. The van der Waals surface area contributed by atoms with Crippen molar-refractivity contribution in [1.29, 1.82) is 0 Å². The summed E-state index contributed by atoms with van der Waals surface area (Å²) >= 11 is 0. The SMILES string of the molecule is O=C(Cc1ccc(N(Cc2ccccc2)C(=O)C2CC2)cc1)NCc1ccncc1. The molecule has 1 N–H and O–H groups in total. The minimum absolute atomic E-state index is 0.0326. The summed E-state index contributed by atoms with van der Waals surface area (Å²) in [7, 11) is 0. The number of aromatic nitrogens is 1. The monoisotopic (exact) mass is 399 g/mol. The van der Waals surface area contributed by atoms with Gasteiger partial charge in [0, 0.05) is 30.5 Å². The van der Waals surface area contributed by atoms with E-state index in [1.807, 2.05) is 71.6 Å². The van der Waals surface area contributed by atoms with Crippen LogP contribution in [0.15, 0.2) is 79.1 Å². The Kier molecular flexibility index (Phi) is 6.18. The lowest BCUT2D eigenvalue weighted by atomic mass is 10.1. The molecule has 5 heteroatoms. The second kappa shape index (κ2) is 9.35. The molecule has 1 heterocycles. The number of carbonyl (C=O) groups is 2. The lowest BCUT2D eigenvalue weighted by Gasteiger charge is -2.23. The van der Waals surface area contributed by atoms with Crippen molar-refractivity contribution in [2.24, 2.45) is 5.92 Å². The normalized spacial score (nSPS) is 12.9. The zero-order chi connectivity index (χ0) is 20.8. The minimum Gasteiger partial charge on any atom is -0.352 e. The van der Waals surface area contributed by atoms with Gasteiger partial charge < -0.3 is 10.2 Å². The average molecular weight is 399 g/mol. The molecule has 0 spiro atoms. The highest BCUT2D eigenvalue weighted by Crippen LogP contribution is 2.33. The van der Waals surface area contributed by atoms with Crippen molar-refractivity contribution in [3.05, 3.63) is 95.8 Å². The van der Waals surface area contributed by atoms with Crippen LogP contribution in [0.25, 0.3) is 0 Å².